The molecule has 0 radical (unpaired) electrons. The summed E-state index contributed by atoms with van der Waals surface area (Å²) in [5.41, 5.74) is 3.11. The summed E-state index contributed by atoms with van der Waals surface area (Å²) < 4.78 is 6.70. The predicted octanol–water partition coefficient (Wildman–Crippen LogP) is 3.49. The fourth-order valence-corrected chi connectivity index (χ4v) is 3.08. The largest absolute Gasteiger partial charge is 0.336 e. The van der Waals surface area contributed by atoms with E-state index in [1.165, 1.54) is 16.8 Å². The molecule has 10 nitrogen and oxygen atoms in total. The fourth-order valence-electron chi connectivity index (χ4n) is 3.08. The van der Waals surface area contributed by atoms with Gasteiger partial charge in [-0.05, 0) is 39.0 Å². The van der Waals surface area contributed by atoms with Gasteiger partial charge in [-0.1, -0.05) is 5.16 Å². The van der Waals surface area contributed by atoms with Crippen LogP contribution in [0.5, 0.6) is 0 Å². The zero-order valence-corrected chi connectivity index (χ0v) is 15.8. The Morgan fingerprint density at radius 3 is 2.55 bits per heavy atom. The summed E-state index contributed by atoms with van der Waals surface area (Å²) in [6, 6.07) is 9.28. The summed E-state index contributed by atoms with van der Waals surface area (Å²) in [6.07, 6.45) is 0. The van der Waals surface area contributed by atoms with Crippen molar-refractivity contribution in [3.8, 4) is 5.69 Å². The second-order valence-corrected chi connectivity index (χ2v) is 6.57. The van der Waals surface area contributed by atoms with Crippen LogP contribution in [-0.2, 0) is 0 Å². The van der Waals surface area contributed by atoms with Crippen molar-refractivity contribution in [3.05, 3.63) is 69.2 Å². The van der Waals surface area contributed by atoms with Crippen LogP contribution in [0.2, 0.25) is 0 Å². The highest BCUT2D eigenvalue weighted by Gasteiger charge is 2.20. The highest BCUT2D eigenvalue weighted by atomic mass is 16.6. The molecule has 146 valence electrons. The molecule has 1 N–H and O–H groups in total. The number of non-ortho nitro benzene ring substituents is 1. The third kappa shape index (κ3) is 3.31. The number of nitro benzene ring substituents is 1. The molecule has 0 saturated heterocycles. The molecule has 3 aromatic heterocycles. The number of amides is 1. The molecule has 0 unspecified atom stereocenters. The van der Waals surface area contributed by atoms with E-state index < -0.39 is 4.92 Å². The van der Waals surface area contributed by atoms with Gasteiger partial charge in [0.2, 0.25) is 0 Å². The number of carbonyl (C=O) groups excluding carboxylic acids is 1. The monoisotopic (exact) mass is 392 g/mol. The molecule has 1 aromatic carbocycles. The van der Waals surface area contributed by atoms with E-state index >= 15 is 0 Å². The van der Waals surface area contributed by atoms with Crippen LogP contribution in [0, 0.1) is 30.9 Å². The molecule has 0 aliphatic rings. The average molecular weight is 392 g/mol. The molecule has 0 aliphatic carbocycles. The molecule has 0 atom stereocenters. The molecular formula is C19H16N6O4. The lowest BCUT2D eigenvalue weighted by molar-refractivity contribution is -0.384. The molecule has 10 heteroatoms. The summed E-state index contributed by atoms with van der Waals surface area (Å²) in [6.45, 7) is 5.29. The molecule has 1 amide bonds. The van der Waals surface area contributed by atoms with E-state index in [4.69, 9.17) is 4.52 Å². The standard InChI is InChI=1S/C19H16N6O4/c1-10-8-15(17-12(3)23-29-19(17)20-10)18(26)21-16-9-11(2)22-24(16)13-4-6-14(7-5-13)25(27)28/h4-9H,1-3H3,(H,21,26). The number of nitrogens with zero attached hydrogens (tertiary/aromatic N) is 5. The van der Waals surface area contributed by atoms with Gasteiger partial charge in [-0.3, -0.25) is 14.9 Å². The maximum atomic E-state index is 13.0. The van der Waals surface area contributed by atoms with E-state index in [-0.39, 0.29) is 11.6 Å². The summed E-state index contributed by atoms with van der Waals surface area (Å²) in [4.78, 5) is 27.7. The van der Waals surface area contributed by atoms with Crippen molar-refractivity contribution in [1.82, 2.24) is 19.9 Å². The predicted molar refractivity (Wildman–Crippen MR) is 104 cm³/mol. The van der Waals surface area contributed by atoms with Crippen LogP contribution in [0.3, 0.4) is 0 Å². The van der Waals surface area contributed by atoms with E-state index in [0.29, 0.717) is 45.3 Å². The van der Waals surface area contributed by atoms with Crippen molar-refractivity contribution in [1.29, 1.82) is 0 Å². The zero-order chi connectivity index (χ0) is 20.7. The Morgan fingerprint density at radius 1 is 1.14 bits per heavy atom. The number of rotatable bonds is 4. The van der Waals surface area contributed by atoms with Crippen LogP contribution in [0.25, 0.3) is 16.8 Å². The van der Waals surface area contributed by atoms with Crippen LogP contribution in [0.1, 0.15) is 27.4 Å². The number of anilines is 1. The maximum Gasteiger partial charge on any atom is 0.269 e. The number of aromatic nitrogens is 4. The SMILES string of the molecule is Cc1cc(C(=O)Nc2cc(C)nn2-c2ccc([N+](=O)[O-])cc2)c2c(C)noc2n1. The first-order valence-electron chi connectivity index (χ1n) is 8.70. The van der Waals surface area contributed by atoms with Crippen molar-refractivity contribution in [2.24, 2.45) is 0 Å². The van der Waals surface area contributed by atoms with Gasteiger partial charge >= 0.3 is 0 Å². The number of fused-ring (bicyclic) bond motifs is 1. The Balaban J connectivity index is 1.72. The Hall–Kier alpha value is -4.08. The molecule has 4 rings (SSSR count). The van der Waals surface area contributed by atoms with Crippen molar-refractivity contribution < 1.29 is 14.2 Å². The quantitative estimate of drug-likeness (QED) is 0.416. The lowest BCUT2D eigenvalue weighted by Crippen LogP contribution is -2.16. The minimum Gasteiger partial charge on any atom is -0.336 e. The topological polar surface area (TPSA) is 129 Å². The van der Waals surface area contributed by atoms with E-state index in [2.05, 4.69) is 20.6 Å². The summed E-state index contributed by atoms with van der Waals surface area (Å²) in [7, 11) is 0. The number of nitro groups is 1. The molecule has 0 aliphatic heterocycles. The Kier molecular flexibility index (Phi) is 4.30. The van der Waals surface area contributed by atoms with Crippen molar-refractivity contribution in [2.45, 2.75) is 20.8 Å². The first-order chi connectivity index (χ1) is 13.8. The number of hydrogen-bond acceptors (Lipinski definition) is 7. The van der Waals surface area contributed by atoms with Gasteiger partial charge in [-0.25, -0.2) is 9.67 Å². The number of benzene rings is 1. The molecule has 0 fully saturated rings. The molecule has 0 spiro atoms. The van der Waals surface area contributed by atoms with Crippen LogP contribution in [0.4, 0.5) is 11.5 Å². The Morgan fingerprint density at radius 2 is 1.86 bits per heavy atom. The van der Waals surface area contributed by atoms with Gasteiger partial charge < -0.3 is 9.84 Å². The maximum absolute atomic E-state index is 13.0. The van der Waals surface area contributed by atoms with Gasteiger partial charge in [0, 0.05) is 23.9 Å². The normalized spacial score (nSPS) is 11.0. The van der Waals surface area contributed by atoms with E-state index in [9.17, 15) is 14.9 Å². The van der Waals surface area contributed by atoms with Crippen LogP contribution >= 0.6 is 0 Å². The third-order valence-electron chi connectivity index (χ3n) is 4.37. The number of carbonyl (C=O) groups is 1. The highest BCUT2D eigenvalue weighted by molar-refractivity contribution is 6.12. The zero-order valence-electron chi connectivity index (χ0n) is 15.8. The summed E-state index contributed by atoms with van der Waals surface area (Å²) in [5, 5.41) is 22.5. The van der Waals surface area contributed by atoms with Gasteiger partial charge in [0.25, 0.3) is 17.3 Å². The van der Waals surface area contributed by atoms with Gasteiger partial charge in [-0.15, -0.1) is 0 Å². The molecule has 29 heavy (non-hydrogen) atoms. The second kappa shape index (κ2) is 6.82. The average Bonchev–Trinajstić information content (AvgIpc) is 3.23. The van der Waals surface area contributed by atoms with Gasteiger partial charge in [0.05, 0.1) is 32.9 Å². The van der Waals surface area contributed by atoms with Crippen molar-refractivity contribution in [2.75, 3.05) is 5.32 Å². The molecule has 4 aromatic rings. The Bertz CT molecular complexity index is 1260. The minimum atomic E-state index is -0.473. The van der Waals surface area contributed by atoms with Crippen LogP contribution in [0.15, 0.2) is 40.9 Å². The Labute approximate surface area is 164 Å². The lowest BCUT2D eigenvalue weighted by Gasteiger charge is -2.10. The van der Waals surface area contributed by atoms with Crippen LogP contribution < -0.4 is 5.32 Å². The highest BCUT2D eigenvalue weighted by Crippen LogP contribution is 2.24. The fraction of sp³-hybridized carbons (Fsp3) is 0.158. The number of hydrogen-bond donors (Lipinski definition) is 1. The summed E-state index contributed by atoms with van der Waals surface area (Å²) >= 11 is 0. The molecular weight excluding hydrogens is 376 g/mol. The third-order valence-corrected chi connectivity index (χ3v) is 4.37. The van der Waals surface area contributed by atoms with E-state index in [1.54, 1.807) is 45.0 Å². The van der Waals surface area contributed by atoms with Gasteiger partial charge in [0.15, 0.2) is 0 Å². The van der Waals surface area contributed by atoms with Crippen molar-refractivity contribution >= 4 is 28.5 Å². The number of nitrogens with one attached hydrogen (secondary N) is 1. The van der Waals surface area contributed by atoms with E-state index in [0.717, 1.165) is 0 Å². The molecule has 3 heterocycles. The number of aryl methyl sites for hydroxylation is 3. The van der Waals surface area contributed by atoms with Crippen LogP contribution in [-0.4, -0.2) is 30.8 Å². The van der Waals surface area contributed by atoms with Gasteiger partial charge in [-0.2, -0.15) is 5.10 Å². The molecule has 0 bridgehead atoms. The van der Waals surface area contributed by atoms with Gasteiger partial charge in [0.1, 0.15) is 5.82 Å². The summed E-state index contributed by atoms with van der Waals surface area (Å²) in [5.74, 6) is 0.0629. The van der Waals surface area contributed by atoms with E-state index in [1.807, 2.05) is 0 Å². The first-order valence-corrected chi connectivity index (χ1v) is 8.70. The smallest absolute Gasteiger partial charge is 0.269 e. The number of pyridine rings is 1. The molecule has 0 saturated carbocycles. The second-order valence-electron chi connectivity index (χ2n) is 6.57. The lowest BCUT2D eigenvalue weighted by atomic mass is 10.1. The minimum absolute atomic E-state index is 0.0270. The van der Waals surface area contributed by atoms with Crippen molar-refractivity contribution in [3.63, 3.8) is 0 Å². The first kappa shape index (κ1) is 18.3.